The second kappa shape index (κ2) is 7.08. The number of amides is 1. The van der Waals surface area contributed by atoms with Crippen LogP contribution in [0.4, 0.5) is 37.3 Å². The number of anilines is 2. The Morgan fingerprint density at radius 1 is 1.10 bits per heavy atom. The number of fused-ring (bicyclic) bond motifs is 1. The molecular formula is C15H14F6N6O2S. The first kappa shape index (κ1) is 20.8. The molecule has 2 aliphatic rings. The summed E-state index contributed by atoms with van der Waals surface area (Å²) < 4.78 is 78.8. The molecular weight excluding hydrogens is 442 g/mol. The fourth-order valence-corrected chi connectivity index (χ4v) is 4.51. The van der Waals surface area contributed by atoms with Crippen molar-refractivity contribution < 1.29 is 36.2 Å². The van der Waals surface area contributed by atoms with Gasteiger partial charge in [-0.2, -0.15) is 31.4 Å². The zero-order chi connectivity index (χ0) is 21.8. The summed E-state index contributed by atoms with van der Waals surface area (Å²) in [6.07, 6.45) is -11.1. The molecule has 2 aliphatic heterocycles. The van der Waals surface area contributed by atoms with E-state index in [0.717, 1.165) is 0 Å². The Morgan fingerprint density at radius 2 is 1.77 bits per heavy atom. The maximum Gasteiger partial charge on any atom is 0.445 e. The summed E-state index contributed by atoms with van der Waals surface area (Å²) in [7, 11) is 0. The summed E-state index contributed by atoms with van der Waals surface area (Å²) in [5.74, 6) is -4.29. The second-order valence-electron chi connectivity index (χ2n) is 7.00. The van der Waals surface area contributed by atoms with E-state index in [1.165, 1.54) is 0 Å². The van der Waals surface area contributed by atoms with E-state index in [4.69, 9.17) is 0 Å². The molecule has 2 aromatic rings. The number of nitrogens with one attached hydrogen (secondary N) is 2. The molecule has 2 unspecified atom stereocenters. The fraction of sp³-hybridized carbons (Fsp3) is 0.600. The van der Waals surface area contributed by atoms with Gasteiger partial charge in [-0.1, -0.05) is 11.3 Å². The predicted molar refractivity (Wildman–Crippen MR) is 91.1 cm³/mol. The van der Waals surface area contributed by atoms with Crippen LogP contribution in [0.1, 0.15) is 40.9 Å². The normalized spacial score (nSPS) is 23.4. The highest BCUT2D eigenvalue weighted by atomic mass is 32.1. The summed E-state index contributed by atoms with van der Waals surface area (Å²) in [6, 6.07) is 0. The van der Waals surface area contributed by atoms with Gasteiger partial charge in [0.05, 0.1) is 0 Å². The van der Waals surface area contributed by atoms with Crippen molar-refractivity contribution in [2.75, 3.05) is 23.3 Å². The lowest BCUT2D eigenvalue weighted by atomic mass is 9.83. The van der Waals surface area contributed by atoms with Gasteiger partial charge in [0.25, 0.3) is 5.91 Å². The van der Waals surface area contributed by atoms with Gasteiger partial charge in [0.15, 0.2) is 5.82 Å². The first-order valence-electron chi connectivity index (χ1n) is 8.76. The molecule has 0 spiro atoms. The van der Waals surface area contributed by atoms with Crippen LogP contribution in [0.5, 0.6) is 0 Å². The number of H-pyrrole nitrogens is 1. The number of halogens is 6. The first-order chi connectivity index (χ1) is 14.0. The predicted octanol–water partition coefficient (Wildman–Crippen LogP) is 2.62. The quantitative estimate of drug-likeness (QED) is 0.600. The summed E-state index contributed by atoms with van der Waals surface area (Å²) in [5.41, 5.74) is -0.150. The average molecular weight is 456 g/mol. The van der Waals surface area contributed by atoms with Crippen LogP contribution in [-0.4, -0.2) is 56.8 Å². The Hall–Kier alpha value is -2.42. The standard InChI is InChI=1S/C15H14F6N6O2S/c16-14(17,18)7-6-8(23-24-10(6)22-11(29)9(7)28)5-1-3-27(4-2-5)13-26-25-12(30-13)15(19,20)21/h5,7,9,28H,1-4H2,(H2,22,23,24,29). The van der Waals surface area contributed by atoms with E-state index < -0.39 is 41.2 Å². The van der Waals surface area contributed by atoms with E-state index in [2.05, 4.69) is 25.7 Å². The number of aliphatic hydroxyl groups excluding tert-OH is 1. The van der Waals surface area contributed by atoms with Crippen molar-refractivity contribution in [3.8, 4) is 0 Å². The van der Waals surface area contributed by atoms with Gasteiger partial charge < -0.3 is 15.3 Å². The number of carbonyl (C=O) groups excluding carboxylic acids is 1. The van der Waals surface area contributed by atoms with Crippen molar-refractivity contribution >= 4 is 28.2 Å². The highest BCUT2D eigenvalue weighted by Crippen LogP contribution is 2.47. The SMILES string of the molecule is O=C1Nc2n[nH]c(C3CCN(c4nnc(C(F)(F)F)s4)CC3)c2C(C(F)(F)F)C1O. The largest absolute Gasteiger partial charge is 0.445 e. The van der Waals surface area contributed by atoms with Crippen molar-refractivity contribution in [3.05, 3.63) is 16.3 Å². The van der Waals surface area contributed by atoms with Crippen LogP contribution in [0.2, 0.25) is 0 Å². The summed E-state index contributed by atoms with van der Waals surface area (Å²) in [4.78, 5) is 13.2. The minimum absolute atomic E-state index is 0.0864. The molecule has 0 bridgehead atoms. The van der Waals surface area contributed by atoms with E-state index in [0.29, 0.717) is 24.2 Å². The number of hydrogen-bond acceptors (Lipinski definition) is 7. The molecule has 164 valence electrons. The molecule has 4 heterocycles. The molecule has 30 heavy (non-hydrogen) atoms. The zero-order valence-corrected chi connectivity index (χ0v) is 15.7. The number of piperidine rings is 1. The monoisotopic (exact) mass is 456 g/mol. The van der Waals surface area contributed by atoms with Crippen LogP contribution in [0, 0.1) is 0 Å². The molecule has 0 aliphatic carbocycles. The van der Waals surface area contributed by atoms with Gasteiger partial charge in [0.1, 0.15) is 12.0 Å². The lowest BCUT2D eigenvalue weighted by molar-refractivity contribution is -0.177. The van der Waals surface area contributed by atoms with E-state index in [1.807, 2.05) is 0 Å². The van der Waals surface area contributed by atoms with Crippen LogP contribution in [0.25, 0.3) is 0 Å². The van der Waals surface area contributed by atoms with E-state index in [9.17, 15) is 36.2 Å². The molecule has 0 saturated carbocycles. The lowest BCUT2D eigenvalue weighted by Crippen LogP contribution is -2.44. The summed E-state index contributed by atoms with van der Waals surface area (Å²) in [5, 5.41) is 24.0. The summed E-state index contributed by atoms with van der Waals surface area (Å²) in [6.45, 7) is 0.493. The fourth-order valence-electron chi connectivity index (χ4n) is 3.75. The number of aliphatic hydroxyl groups is 1. The molecule has 8 nitrogen and oxygen atoms in total. The summed E-state index contributed by atoms with van der Waals surface area (Å²) >= 11 is 0.401. The molecule has 2 atom stereocenters. The molecule has 4 rings (SSSR count). The second-order valence-corrected chi connectivity index (χ2v) is 7.96. The Morgan fingerprint density at radius 3 is 2.33 bits per heavy atom. The number of alkyl halides is 6. The molecule has 0 radical (unpaired) electrons. The van der Waals surface area contributed by atoms with E-state index >= 15 is 0 Å². The molecule has 1 fully saturated rings. The molecule has 0 aromatic carbocycles. The van der Waals surface area contributed by atoms with Gasteiger partial charge >= 0.3 is 12.4 Å². The van der Waals surface area contributed by atoms with Crippen LogP contribution in [-0.2, 0) is 11.0 Å². The maximum atomic E-state index is 13.6. The first-order valence-corrected chi connectivity index (χ1v) is 9.58. The Kier molecular flexibility index (Phi) is 4.91. The van der Waals surface area contributed by atoms with Gasteiger partial charge in [0, 0.05) is 30.3 Å². The Labute approximate surface area is 168 Å². The number of aromatic amines is 1. The van der Waals surface area contributed by atoms with Gasteiger partial charge in [0.2, 0.25) is 10.1 Å². The number of hydrogen-bond donors (Lipinski definition) is 3. The smallest absolute Gasteiger partial charge is 0.382 e. The van der Waals surface area contributed by atoms with Crippen LogP contribution in [0.3, 0.4) is 0 Å². The molecule has 3 N–H and O–H groups in total. The van der Waals surface area contributed by atoms with Crippen LogP contribution < -0.4 is 10.2 Å². The topological polar surface area (TPSA) is 107 Å². The Balaban J connectivity index is 1.54. The van der Waals surface area contributed by atoms with E-state index in [-0.39, 0.29) is 35.3 Å². The van der Waals surface area contributed by atoms with Crippen molar-refractivity contribution in [2.24, 2.45) is 0 Å². The van der Waals surface area contributed by atoms with Crippen molar-refractivity contribution in [3.63, 3.8) is 0 Å². The number of aromatic nitrogens is 4. The van der Waals surface area contributed by atoms with Gasteiger partial charge in [-0.05, 0) is 12.8 Å². The highest BCUT2D eigenvalue weighted by Gasteiger charge is 2.54. The van der Waals surface area contributed by atoms with Crippen molar-refractivity contribution in [2.45, 2.75) is 43.1 Å². The van der Waals surface area contributed by atoms with Crippen LogP contribution in [0.15, 0.2) is 0 Å². The zero-order valence-electron chi connectivity index (χ0n) is 14.9. The molecule has 1 amide bonds. The molecule has 15 heteroatoms. The molecule has 2 aromatic heterocycles. The maximum absolute atomic E-state index is 13.6. The minimum atomic E-state index is -4.87. The van der Waals surface area contributed by atoms with Gasteiger partial charge in [-0.15, -0.1) is 10.2 Å². The number of rotatable bonds is 2. The number of nitrogens with zero attached hydrogens (tertiary/aromatic N) is 4. The third kappa shape index (κ3) is 3.59. The Bertz CT molecular complexity index is 948. The molecule has 1 saturated heterocycles. The van der Waals surface area contributed by atoms with Crippen molar-refractivity contribution in [1.29, 1.82) is 0 Å². The van der Waals surface area contributed by atoms with Crippen LogP contribution >= 0.6 is 11.3 Å². The van der Waals surface area contributed by atoms with E-state index in [1.54, 1.807) is 4.90 Å². The third-order valence-corrected chi connectivity index (χ3v) is 6.18. The lowest BCUT2D eigenvalue weighted by Gasteiger charge is -2.34. The van der Waals surface area contributed by atoms with Gasteiger partial charge in [-0.25, -0.2) is 0 Å². The number of carbonyl (C=O) groups is 1. The third-order valence-electron chi connectivity index (χ3n) is 5.15. The minimum Gasteiger partial charge on any atom is -0.382 e. The van der Waals surface area contributed by atoms with Gasteiger partial charge in [-0.3, -0.25) is 9.89 Å². The highest BCUT2D eigenvalue weighted by molar-refractivity contribution is 7.15. The van der Waals surface area contributed by atoms with Crippen molar-refractivity contribution in [1.82, 2.24) is 20.4 Å². The average Bonchev–Trinajstić information content (AvgIpc) is 3.29.